The van der Waals surface area contributed by atoms with Crippen LogP contribution in [0.1, 0.15) is 19.4 Å². The smallest absolute Gasteiger partial charge is 0.321 e. The topological polar surface area (TPSA) is 69.6 Å². The number of halogens is 1. The maximum Gasteiger partial charge on any atom is 0.321 e. The van der Waals surface area contributed by atoms with Crippen LogP contribution in [0.5, 0.6) is 0 Å². The third kappa shape index (κ3) is 4.42. The van der Waals surface area contributed by atoms with Gasteiger partial charge >= 0.3 is 12.0 Å². The zero-order chi connectivity index (χ0) is 15.3. The van der Waals surface area contributed by atoms with Crippen molar-refractivity contribution in [3.8, 4) is 0 Å². The van der Waals surface area contributed by atoms with Gasteiger partial charge in [0.1, 0.15) is 0 Å². The molecule has 110 valence electrons. The number of benzene rings is 1. The fourth-order valence-corrected chi connectivity index (χ4v) is 2.02. The van der Waals surface area contributed by atoms with Crippen molar-refractivity contribution in [3.05, 3.63) is 28.8 Å². The van der Waals surface area contributed by atoms with Crippen LogP contribution in [0.4, 0.5) is 10.5 Å². The summed E-state index contributed by atoms with van der Waals surface area (Å²) in [4.78, 5) is 24.0. The summed E-state index contributed by atoms with van der Waals surface area (Å²) in [5.74, 6) is -1.54. The van der Waals surface area contributed by atoms with E-state index in [1.807, 2.05) is 13.0 Å². The number of aliphatic carboxylic acids is 1. The molecule has 0 saturated heterocycles. The first-order valence-electron chi connectivity index (χ1n) is 6.38. The Kier molecular flexibility index (Phi) is 5.82. The molecular weight excluding hydrogens is 280 g/mol. The van der Waals surface area contributed by atoms with E-state index in [-0.39, 0.29) is 12.6 Å². The lowest BCUT2D eigenvalue weighted by atomic mass is 10.1. The van der Waals surface area contributed by atoms with Gasteiger partial charge in [0.15, 0.2) is 0 Å². The van der Waals surface area contributed by atoms with E-state index in [9.17, 15) is 9.59 Å². The number of rotatable bonds is 5. The molecule has 0 bridgehead atoms. The van der Waals surface area contributed by atoms with Crippen LogP contribution in [0.3, 0.4) is 0 Å². The Labute approximate surface area is 123 Å². The first kappa shape index (κ1) is 16.3. The Morgan fingerprint density at radius 3 is 2.60 bits per heavy atom. The summed E-state index contributed by atoms with van der Waals surface area (Å²) >= 11 is 6.08. The van der Waals surface area contributed by atoms with E-state index >= 15 is 0 Å². The Bertz CT molecular complexity index is 505. The first-order chi connectivity index (χ1) is 9.35. The lowest BCUT2D eigenvalue weighted by molar-refractivity contribution is -0.141. The minimum Gasteiger partial charge on any atom is -0.481 e. The number of aryl methyl sites for hydroxylation is 1. The number of hydrogen-bond acceptors (Lipinski definition) is 2. The van der Waals surface area contributed by atoms with Crippen LogP contribution in [0.25, 0.3) is 0 Å². The minimum absolute atomic E-state index is 0.141. The minimum atomic E-state index is -0.931. The predicted molar refractivity (Wildman–Crippen MR) is 79.3 cm³/mol. The quantitative estimate of drug-likeness (QED) is 0.877. The lowest BCUT2D eigenvalue weighted by Crippen LogP contribution is -2.36. The molecule has 0 fully saturated rings. The van der Waals surface area contributed by atoms with Gasteiger partial charge in [0.05, 0.1) is 5.92 Å². The Hall–Kier alpha value is -1.75. The van der Waals surface area contributed by atoms with E-state index in [1.165, 1.54) is 4.90 Å². The van der Waals surface area contributed by atoms with E-state index in [1.54, 1.807) is 26.1 Å². The highest BCUT2D eigenvalue weighted by molar-refractivity contribution is 6.31. The standard InChI is InChI=1S/C14H19ClN2O3/c1-4-10-5-6-11(7-12(10)15)16-14(20)17(3)8-9(2)13(18)19/h5-7,9H,4,8H2,1-3H3,(H,16,20)(H,18,19). The molecule has 6 heteroatoms. The molecule has 2 amide bonds. The van der Waals surface area contributed by atoms with Crippen LogP contribution < -0.4 is 5.32 Å². The number of carboxylic acids is 1. The number of carbonyl (C=O) groups excluding carboxylic acids is 1. The molecule has 1 atom stereocenters. The van der Waals surface area contributed by atoms with Crippen molar-refractivity contribution in [2.45, 2.75) is 20.3 Å². The maximum atomic E-state index is 11.9. The van der Waals surface area contributed by atoms with Crippen LogP contribution >= 0.6 is 11.6 Å². The fraction of sp³-hybridized carbons (Fsp3) is 0.429. The highest BCUT2D eigenvalue weighted by Crippen LogP contribution is 2.21. The van der Waals surface area contributed by atoms with Gasteiger partial charge in [0.25, 0.3) is 0 Å². The first-order valence-corrected chi connectivity index (χ1v) is 6.76. The van der Waals surface area contributed by atoms with Crippen LogP contribution in [0, 0.1) is 5.92 Å². The molecule has 0 spiro atoms. The number of hydrogen-bond donors (Lipinski definition) is 2. The van der Waals surface area contributed by atoms with Crippen LogP contribution in [-0.4, -0.2) is 35.6 Å². The van der Waals surface area contributed by atoms with E-state index in [4.69, 9.17) is 16.7 Å². The number of nitrogens with zero attached hydrogens (tertiary/aromatic N) is 1. The zero-order valence-corrected chi connectivity index (χ0v) is 12.6. The van der Waals surface area contributed by atoms with Gasteiger partial charge in [-0.05, 0) is 24.1 Å². The van der Waals surface area contributed by atoms with Crippen LogP contribution in [-0.2, 0) is 11.2 Å². The number of carbonyl (C=O) groups is 2. The van der Waals surface area contributed by atoms with Gasteiger partial charge in [-0.1, -0.05) is 31.5 Å². The van der Waals surface area contributed by atoms with Crippen molar-refractivity contribution in [3.63, 3.8) is 0 Å². The van der Waals surface area contributed by atoms with Crippen molar-refractivity contribution in [2.75, 3.05) is 18.9 Å². The number of nitrogens with one attached hydrogen (secondary N) is 1. The second kappa shape index (κ2) is 7.14. The van der Waals surface area contributed by atoms with Crippen molar-refractivity contribution in [1.29, 1.82) is 0 Å². The summed E-state index contributed by atoms with van der Waals surface area (Å²) in [6, 6.07) is 4.96. The third-order valence-electron chi connectivity index (χ3n) is 3.00. The molecule has 1 aromatic rings. The lowest BCUT2D eigenvalue weighted by Gasteiger charge is -2.20. The van der Waals surface area contributed by atoms with Gasteiger partial charge < -0.3 is 15.3 Å². The molecule has 20 heavy (non-hydrogen) atoms. The van der Waals surface area contributed by atoms with Gasteiger partial charge in [-0.25, -0.2) is 4.79 Å². The normalized spacial score (nSPS) is 11.8. The van der Waals surface area contributed by atoms with Gasteiger partial charge in [-0.3, -0.25) is 4.79 Å². The second-order valence-electron chi connectivity index (χ2n) is 4.71. The van der Waals surface area contributed by atoms with E-state index < -0.39 is 11.9 Å². The molecule has 0 aliphatic rings. The van der Waals surface area contributed by atoms with Gasteiger partial charge in [0, 0.05) is 24.3 Å². The molecule has 0 aliphatic carbocycles. The van der Waals surface area contributed by atoms with E-state index in [0.29, 0.717) is 10.7 Å². The molecule has 0 aliphatic heterocycles. The summed E-state index contributed by atoms with van der Waals surface area (Å²) in [6.45, 7) is 3.70. The van der Waals surface area contributed by atoms with Crippen molar-refractivity contribution < 1.29 is 14.7 Å². The average Bonchev–Trinajstić information content (AvgIpc) is 2.38. The largest absolute Gasteiger partial charge is 0.481 e. The predicted octanol–water partition coefficient (Wildman–Crippen LogP) is 3.09. The summed E-state index contributed by atoms with van der Waals surface area (Å²) in [5.41, 5.74) is 1.60. The molecule has 1 aromatic carbocycles. The van der Waals surface area contributed by atoms with Crippen molar-refractivity contribution in [2.24, 2.45) is 5.92 Å². The molecule has 1 rings (SSSR count). The second-order valence-corrected chi connectivity index (χ2v) is 5.12. The molecule has 0 saturated carbocycles. The Morgan fingerprint density at radius 2 is 2.10 bits per heavy atom. The van der Waals surface area contributed by atoms with Crippen molar-refractivity contribution >= 4 is 29.3 Å². The summed E-state index contributed by atoms with van der Waals surface area (Å²) in [5, 5.41) is 12.1. The van der Waals surface area contributed by atoms with E-state index in [2.05, 4.69) is 5.32 Å². The number of anilines is 1. The average molecular weight is 299 g/mol. The molecule has 0 radical (unpaired) electrons. The highest BCUT2D eigenvalue weighted by atomic mass is 35.5. The molecule has 0 aromatic heterocycles. The summed E-state index contributed by atoms with van der Waals surface area (Å²) in [7, 11) is 1.55. The number of carboxylic acid groups (broad SMARTS) is 1. The highest BCUT2D eigenvalue weighted by Gasteiger charge is 2.17. The molecule has 1 unspecified atom stereocenters. The third-order valence-corrected chi connectivity index (χ3v) is 3.35. The van der Waals surface area contributed by atoms with Gasteiger partial charge in [0.2, 0.25) is 0 Å². The summed E-state index contributed by atoms with van der Waals surface area (Å²) < 4.78 is 0. The number of urea groups is 1. The molecular formula is C14H19ClN2O3. The molecule has 5 nitrogen and oxygen atoms in total. The van der Waals surface area contributed by atoms with Crippen LogP contribution in [0.2, 0.25) is 5.02 Å². The fourth-order valence-electron chi connectivity index (χ4n) is 1.70. The van der Waals surface area contributed by atoms with Gasteiger partial charge in [-0.2, -0.15) is 0 Å². The Morgan fingerprint density at radius 1 is 1.45 bits per heavy atom. The van der Waals surface area contributed by atoms with Crippen molar-refractivity contribution in [1.82, 2.24) is 4.90 Å². The SMILES string of the molecule is CCc1ccc(NC(=O)N(C)CC(C)C(=O)O)cc1Cl. The van der Waals surface area contributed by atoms with Crippen LogP contribution in [0.15, 0.2) is 18.2 Å². The molecule has 0 heterocycles. The molecule has 2 N–H and O–H groups in total. The maximum absolute atomic E-state index is 11.9. The number of amides is 2. The van der Waals surface area contributed by atoms with Gasteiger partial charge in [-0.15, -0.1) is 0 Å². The van der Waals surface area contributed by atoms with E-state index in [0.717, 1.165) is 12.0 Å². The zero-order valence-electron chi connectivity index (χ0n) is 11.8. The summed E-state index contributed by atoms with van der Waals surface area (Å²) in [6.07, 6.45) is 0.823. The Balaban J connectivity index is 2.66. The monoisotopic (exact) mass is 298 g/mol.